The quantitative estimate of drug-likeness (QED) is 0.403. The lowest BCUT2D eigenvalue weighted by Gasteiger charge is -2.46. The van der Waals surface area contributed by atoms with Gasteiger partial charge in [-0.05, 0) is 41.3 Å². The molecule has 2 heterocycles. The van der Waals surface area contributed by atoms with Crippen molar-refractivity contribution in [2.75, 3.05) is 7.11 Å². The van der Waals surface area contributed by atoms with E-state index in [9.17, 15) is 20.1 Å². The van der Waals surface area contributed by atoms with Gasteiger partial charge in [-0.25, -0.2) is 0 Å². The van der Waals surface area contributed by atoms with E-state index in [2.05, 4.69) is 0 Å². The minimum absolute atomic E-state index is 0.0274. The number of methoxy groups -OCH3 is 1. The molecular formula is C28H25ClO7. The van der Waals surface area contributed by atoms with E-state index >= 15 is 0 Å². The number of halogens is 1. The van der Waals surface area contributed by atoms with Crippen molar-refractivity contribution in [1.82, 2.24) is 0 Å². The number of phenolic OH excluding ortho intramolecular Hbond substituents is 3. The predicted molar refractivity (Wildman–Crippen MR) is 132 cm³/mol. The summed E-state index contributed by atoms with van der Waals surface area (Å²) in [5.41, 5.74) is 3.17. The first-order chi connectivity index (χ1) is 16.9. The summed E-state index contributed by atoms with van der Waals surface area (Å²) in [6, 6.07) is 6.99. The standard InChI is InChI=1S/C28H25ClO7/c1-11-6-13(34-5)8-17-18(11)26-19-12(10-28(4,35-17)36-26)7-14-20(23(19)31)24(32)21-15(27(14,2)3)9-16(30)22(29)25(21)33/h6-9,26,30-31,33H,10H2,1-5H3. The lowest BCUT2D eigenvalue weighted by molar-refractivity contribution is -0.216. The maximum Gasteiger partial charge on any atom is 0.212 e. The summed E-state index contributed by atoms with van der Waals surface area (Å²) < 4.78 is 18.1. The van der Waals surface area contributed by atoms with Gasteiger partial charge in [0.15, 0.2) is 0 Å². The first-order valence-corrected chi connectivity index (χ1v) is 12.0. The summed E-state index contributed by atoms with van der Waals surface area (Å²) in [7, 11) is 1.59. The second kappa shape index (κ2) is 7.08. The Hall–Kier alpha value is -3.42. The fourth-order valence-corrected chi connectivity index (χ4v) is 6.14. The molecule has 8 heteroatoms. The number of rotatable bonds is 1. The number of phenols is 3. The van der Waals surface area contributed by atoms with E-state index in [1.165, 1.54) is 6.07 Å². The summed E-state index contributed by atoms with van der Waals surface area (Å²) in [4.78, 5) is 13.8. The zero-order valence-electron chi connectivity index (χ0n) is 20.4. The monoisotopic (exact) mass is 508 g/mol. The van der Waals surface area contributed by atoms with Crippen molar-refractivity contribution in [2.24, 2.45) is 0 Å². The van der Waals surface area contributed by atoms with Gasteiger partial charge in [-0.1, -0.05) is 31.5 Å². The third-order valence-electron chi connectivity index (χ3n) is 7.73. The van der Waals surface area contributed by atoms with Gasteiger partial charge < -0.3 is 29.5 Å². The normalized spacial score (nSPS) is 22.6. The first kappa shape index (κ1) is 23.0. The van der Waals surface area contributed by atoms with Crippen LogP contribution in [0.15, 0.2) is 24.3 Å². The van der Waals surface area contributed by atoms with Crippen LogP contribution >= 0.6 is 11.6 Å². The van der Waals surface area contributed by atoms with Crippen LogP contribution in [0.2, 0.25) is 5.02 Å². The predicted octanol–water partition coefficient (Wildman–Crippen LogP) is 5.41. The van der Waals surface area contributed by atoms with Crippen LogP contribution in [0.5, 0.6) is 28.7 Å². The highest BCUT2D eigenvalue weighted by atomic mass is 35.5. The molecule has 3 N–H and O–H groups in total. The number of aromatic hydroxyl groups is 3. The molecule has 2 bridgehead atoms. The van der Waals surface area contributed by atoms with E-state index in [-0.39, 0.29) is 27.6 Å². The molecule has 3 aliphatic rings. The highest BCUT2D eigenvalue weighted by Gasteiger charge is 2.50. The summed E-state index contributed by atoms with van der Waals surface area (Å²) in [6.07, 6.45) is -0.336. The summed E-state index contributed by atoms with van der Waals surface area (Å²) in [6.45, 7) is 7.51. The number of hydrogen-bond donors (Lipinski definition) is 3. The van der Waals surface area contributed by atoms with Crippen molar-refractivity contribution in [2.45, 2.75) is 51.4 Å². The van der Waals surface area contributed by atoms with Gasteiger partial charge in [0.2, 0.25) is 11.6 Å². The average Bonchev–Trinajstić information content (AvgIpc) is 2.79. The van der Waals surface area contributed by atoms with Gasteiger partial charge in [0.25, 0.3) is 0 Å². The molecule has 0 amide bonds. The minimum Gasteiger partial charge on any atom is -0.507 e. The Balaban J connectivity index is 1.64. The van der Waals surface area contributed by atoms with Crippen molar-refractivity contribution in [1.29, 1.82) is 0 Å². The Morgan fingerprint density at radius 1 is 1.00 bits per heavy atom. The van der Waals surface area contributed by atoms with Crippen LogP contribution in [-0.2, 0) is 16.6 Å². The molecule has 0 fully saturated rings. The van der Waals surface area contributed by atoms with E-state index in [0.717, 1.165) is 16.7 Å². The van der Waals surface area contributed by atoms with E-state index in [4.69, 9.17) is 25.8 Å². The lowest BCUT2D eigenvalue weighted by Crippen LogP contribution is -2.47. The number of aryl methyl sites for hydroxylation is 1. The molecule has 0 aromatic heterocycles. The second-order valence-electron chi connectivity index (χ2n) is 10.4. The Labute approximate surface area is 212 Å². The number of ether oxygens (including phenoxy) is 3. The van der Waals surface area contributed by atoms with E-state index < -0.39 is 28.8 Å². The lowest BCUT2D eigenvalue weighted by atomic mass is 9.66. The first-order valence-electron chi connectivity index (χ1n) is 11.6. The van der Waals surface area contributed by atoms with Gasteiger partial charge in [0.05, 0.1) is 18.2 Å². The van der Waals surface area contributed by atoms with E-state index in [0.29, 0.717) is 34.6 Å². The van der Waals surface area contributed by atoms with Gasteiger partial charge in [0, 0.05) is 36.0 Å². The van der Waals surface area contributed by atoms with Gasteiger partial charge >= 0.3 is 0 Å². The minimum atomic E-state index is -0.991. The molecule has 186 valence electrons. The summed E-state index contributed by atoms with van der Waals surface area (Å²) in [5.74, 6) is -1.31. The molecule has 7 nitrogen and oxygen atoms in total. The van der Waals surface area contributed by atoms with Crippen LogP contribution in [0.25, 0.3) is 0 Å². The van der Waals surface area contributed by atoms with Gasteiger partial charge in [-0.2, -0.15) is 0 Å². The molecule has 2 atom stereocenters. The molecule has 36 heavy (non-hydrogen) atoms. The molecule has 0 radical (unpaired) electrons. The van der Waals surface area contributed by atoms with Crippen molar-refractivity contribution >= 4 is 17.4 Å². The zero-order valence-corrected chi connectivity index (χ0v) is 21.2. The maximum absolute atomic E-state index is 13.8. The van der Waals surface area contributed by atoms with Crippen LogP contribution in [0.3, 0.4) is 0 Å². The third-order valence-corrected chi connectivity index (χ3v) is 8.11. The number of carbonyl (C=O) groups excluding carboxylic acids is 1. The molecule has 2 aliphatic heterocycles. The molecule has 0 saturated heterocycles. The largest absolute Gasteiger partial charge is 0.507 e. The van der Waals surface area contributed by atoms with Gasteiger partial charge in [0.1, 0.15) is 39.9 Å². The molecule has 3 aromatic carbocycles. The molecule has 3 aromatic rings. The number of fused-ring (bicyclic) bond motifs is 8. The van der Waals surface area contributed by atoms with Crippen LogP contribution in [0.1, 0.15) is 76.2 Å². The Kier molecular flexibility index (Phi) is 4.53. The SMILES string of the molecule is COc1cc(C)c2c(c1)OC1(C)Cc3cc4c(c(O)c3C2O1)C(=O)c1c(cc(O)c(Cl)c1O)C4(C)C. The van der Waals surface area contributed by atoms with Crippen LogP contribution in [0, 0.1) is 6.92 Å². The average molecular weight is 509 g/mol. The highest BCUT2D eigenvalue weighted by Crippen LogP contribution is 2.57. The molecule has 6 rings (SSSR count). The van der Waals surface area contributed by atoms with Crippen LogP contribution < -0.4 is 9.47 Å². The summed E-state index contributed by atoms with van der Waals surface area (Å²) in [5, 5.41) is 32.4. The van der Waals surface area contributed by atoms with Crippen molar-refractivity contribution in [3.05, 3.63) is 73.8 Å². The number of carbonyl (C=O) groups is 1. The third kappa shape index (κ3) is 2.81. The topological polar surface area (TPSA) is 105 Å². The number of ketones is 1. The Bertz CT molecular complexity index is 1520. The van der Waals surface area contributed by atoms with E-state index in [1.807, 2.05) is 39.8 Å². The fourth-order valence-electron chi connectivity index (χ4n) is 5.99. The fraction of sp³-hybridized carbons (Fsp3) is 0.321. The van der Waals surface area contributed by atoms with Crippen molar-refractivity contribution in [3.63, 3.8) is 0 Å². The molecule has 2 unspecified atom stereocenters. The Morgan fingerprint density at radius 3 is 2.36 bits per heavy atom. The molecule has 1 aliphatic carbocycles. The van der Waals surface area contributed by atoms with Crippen LogP contribution in [0.4, 0.5) is 0 Å². The smallest absolute Gasteiger partial charge is 0.212 e. The highest BCUT2D eigenvalue weighted by molar-refractivity contribution is 6.34. The maximum atomic E-state index is 13.8. The van der Waals surface area contributed by atoms with Gasteiger partial charge in [-0.15, -0.1) is 0 Å². The van der Waals surface area contributed by atoms with E-state index in [1.54, 1.807) is 13.2 Å². The van der Waals surface area contributed by atoms with Gasteiger partial charge in [-0.3, -0.25) is 4.79 Å². The molecule has 0 saturated carbocycles. The molecular weight excluding hydrogens is 484 g/mol. The second-order valence-corrected chi connectivity index (χ2v) is 10.8. The number of hydrogen-bond acceptors (Lipinski definition) is 7. The molecule has 0 spiro atoms. The van der Waals surface area contributed by atoms with Crippen LogP contribution in [-0.4, -0.2) is 34.0 Å². The number of benzene rings is 3. The van der Waals surface area contributed by atoms with Crippen molar-refractivity contribution < 1.29 is 34.3 Å². The summed E-state index contributed by atoms with van der Waals surface area (Å²) >= 11 is 6.08. The zero-order chi connectivity index (χ0) is 25.9. The van der Waals surface area contributed by atoms with Crippen molar-refractivity contribution in [3.8, 4) is 28.7 Å². The Morgan fingerprint density at radius 2 is 1.67 bits per heavy atom.